The number of rotatable bonds is 9. The highest BCUT2D eigenvalue weighted by molar-refractivity contribution is 7.89. The molecule has 0 unspecified atom stereocenters. The van der Waals surface area contributed by atoms with Crippen molar-refractivity contribution in [3.05, 3.63) is 63.7 Å². The minimum atomic E-state index is -3.97. The van der Waals surface area contributed by atoms with E-state index in [4.69, 9.17) is 0 Å². The first kappa shape index (κ1) is 22.4. The second kappa shape index (κ2) is 9.23. The second-order valence-corrected chi connectivity index (χ2v) is 8.94. The molecule has 0 aromatic heterocycles. The average molecular weight is 446 g/mol. The Bertz CT molecular complexity index is 1110. The van der Waals surface area contributed by atoms with Gasteiger partial charge in [-0.25, -0.2) is 13.1 Å². The molecule has 31 heavy (non-hydrogen) atoms. The third-order valence-corrected chi connectivity index (χ3v) is 6.34. The Balaban J connectivity index is 1.50. The van der Waals surface area contributed by atoms with E-state index in [1.165, 1.54) is 19.1 Å². The summed E-state index contributed by atoms with van der Waals surface area (Å²) in [5, 5.41) is 16.3. The van der Waals surface area contributed by atoms with Crippen molar-refractivity contribution < 1.29 is 22.9 Å². The first-order valence-electron chi connectivity index (χ1n) is 9.61. The zero-order valence-corrected chi connectivity index (χ0v) is 17.6. The maximum atomic E-state index is 12.4. The van der Waals surface area contributed by atoms with Gasteiger partial charge in [-0.15, -0.1) is 0 Å². The first-order valence-corrected chi connectivity index (χ1v) is 11.1. The van der Waals surface area contributed by atoms with Crippen molar-refractivity contribution in [2.45, 2.75) is 24.7 Å². The topological polar surface area (TPSA) is 148 Å². The lowest BCUT2D eigenvalue weighted by Crippen LogP contribution is -2.35. The minimum Gasteiger partial charge on any atom is -0.351 e. The summed E-state index contributed by atoms with van der Waals surface area (Å²) in [6.45, 7) is 1.47. The Hall–Kier alpha value is -3.31. The molecule has 164 valence electrons. The van der Waals surface area contributed by atoms with Gasteiger partial charge in [-0.1, -0.05) is 6.07 Å². The monoisotopic (exact) mass is 446 g/mol. The van der Waals surface area contributed by atoms with Gasteiger partial charge >= 0.3 is 0 Å². The van der Waals surface area contributed by atoms with Gasteiger partial charge in [-0.05, 0) is 49.6 Å². The van der Waals surface area contributed by atoms with Crippen molar-refractivity contribution >= 4 is 33.2 Å². The molecule has 0 radical (unpaired) electrons. The van der Waals surface area contributed by atoms with Crippen molar-refractivity contribution in [3.8, 4) is 0 Å². The Morgan fingerprint density at radius 1 is 1.10 bits per heavy atom. The lowest BCUT2D eigenvalue weighted by atomic mass is 10.2. The number of non-ortho nitro benzene ring substituents is 1. The number of nitro groups is 1. The number of anilines is 1. The zero-order chi connectivity index (χ0) is 22.6. The molecule has 3 N–H and O–H groups in total. The molecule has 0 bridgehead atoms. The highest BCUT2D eigenvalue weighted by Gasteiger charge is 2.29. The van der Waals surface area contributed by atoms with Crippen LogP contribution in [0.2, 0.25) is 0 Å². The zero-order valence-electron chi connectivity index (χ0n) is 16.8. The van der Waals surface area contributed by atoms with Gasteiger partial charge in [0, 0.05) is 42.4 Å². The Morgan fingerprint density at radius 2 is 1.77 bits per heavy atom. The molecule has 1 saturated carbocycles. The number of carbonyl (C=O) groups is 2. The number of nitrogens with zero attached hydrogens (tertiary/aromatic N) is 1. The lowest BCUT2D eigenvalue weighted by molar-refractivity contribution is -0.385. The molecule has 0 saturated heterocycles. The fourth-order valence-corrected chi connectivity index (χ4v) is 4.12. The SMILES string of the molecule is Cc1ccc([N+](=O)[O-])cc1S(=O)(=O)NCCNC(=O)c1ccc(NC(=O)C2CC2)cc1. The van der Waals surface area contributed by atoms with Gasteiger partial charge in [0.2, 0.25) is 15.9 Å². The number of carbonyl (C=O) groups excluding carboxylic acids is 2. The van der Waals surface area contributed by atoms with Gasteiger partial charge < -0.3 is 10.6 Å². The van der Waals surface area contributed by atoms with E-state index in [2.05, 4.69) is 15.4 Å². The summed E-state index contributed by atoms with van der Waals surface area (Å²) in [5.41, 5.74) is 1.02. The summed E-state index contributed by atoms with van der Waals surface area (Å²) in [6.07, 6.45) is 1.80. The van der Waals surface area contributed by atoms with E-state index in [-0.39, 0.29) is 35.5 Å². The number of amides is 2. The number of hydrogen-bond acceptors (Lipinski definition) is 6. The third kappa shape index (κ3) is 5.86. The molecular formula is C20H22N4O6S. The minimum absolute atomic E-state index is 0.0200. The summed E-state index contributed by atoms with van der Waals surface area (Å²) >= 11 is 0. The summed E-state index contributed by atoms with van der Waals surface area (Å²) in [6, 6.07) is 9.98. The molecule has 1 fully saturated rings. The molecule has 2 aromatic rings. The van der Waals surface area contributed by atoms with E-state index in [1.807, 2.05) is 0 Å². The van der Waals surface area contributed by atoms with Crippen LogP contribution in [0.1, 0.15) is 28.8 Å². The number of sulfonamides is 1. The van der Waals surface area contributed by atoms with Gasteiger partial charge in [-0.3, -0.25) is 19.7 Å². The van der Waals surface area contributed by atoms with Crippen LogP contribution in [0.25, 0.3) is 0 Å². The van der Waals surface area contributed by atoms with Gasteiger partial charge in [0.05, 0.1) is 9.82 Å². The summed E-state index contributed by atoms with van der Waals surface area (Å²) in [5.74, 6) is -0.341. The van der Waals surface area contributed by atoms with Gasteiger partial charge in [0.25, 0.3) is 11.6 Å². The predicted octanol–water partition coefficient (Wildman–Crippen LogP) is 1.96. The van der Waals surface area contributed by atoms with Crippen molar-refractivity contribution in [2.75, 3.05) is 18.4 Å². The van der Waals surface area contributed by atoms with E-state index in [9.17, 15) is 28.1 Å². The van der Waals surface area contributed by atoms with Gasteiger partial charge in [0.15, 0.2) is 0 Å². The standard InChI is InChI=1S/C20H22N4O6S/c1-13-2-9-17(24(27)28)12-18(13)31(29,30)22-11-10-21-19(25)14-5-7-16(8-6-14)23-20(26)15-3-4-15/h2,5-9,12,15,22H,3-4,10-11H2,1H3,(H,21,25)(H,23,26). The lowest BCUT2D eigenvalue weighted by Gasteiger charge is -2.10. The fraction of sp³-hybridized carbons (Fsp3) is 0.300. The molecular weight excluding hydrogens is 424 g/mol. The largest absolute Gasteiger partial charge is 0.351 e. The molecule has 0 spiro atoms. The van der Waals surface area contributed by atoms with Gasteiger partial charge in [0.1, 0.15) is 0 Å². The fourth-order valence-electron chi connectivity index (χ4n) is 2.83. The quantitative estimate of drug-likeness (QED) is 0.305. The van der Waals surface area contributed by atoms with Crippen LogP contribution in [0.15, 0.2) is 47.4 Å². The Kier molecular flexibility index (Phi) is 6.66. The van der Waals surface area contributed by atoms with E-state index in [1.54, 1.807) is 24.3 Å². The van der Waals surface area contributed by atoms with Crippen molar-refractivity contribution in [2.24, 2.45) is 5.92 Å². The molecule has 1 aliphatic carbocycles. The van der Waals surface area contributed by atoms with Crippen molar-refractivity contribution in [3.63, 3.8) is 0 Å². The summed E-state index contributed by atoms with van der Waals surface area (Å²) in [4.78, 5) is 34.0. The number of hydrogen-bond donors (Lipinski definition) is 3. The van der Waals surface area contributed by atoms with Crippen LogP contribution in [-0.2, 0) is 14.8 Å². The van der Waals surface area contributed by atoms with Crippen LogP contribution in [-0.4, -0.2) is 38.2 Å². The van der Waals surface area contributed by atoms with Crippen LogP contribution in [0.3, 0.4) is 0 Å². The molecule has 3 rings (SSSR count). The third-order valence-electron chi connectivity index (χ3n) is 4.74. The number of benzene rings is 2. The maximum Gasteiger partial charge on any atom is 0.270 e. The summed E-state index contributed by atoms with van der Waals surface area (Å²) < 4.78 is 27.2. The van der Waals surface area contributed by atoms with Crippen molar-refractivity contribution in [1.29, 1.82) is 0 Å². The number of aryl methyl sites for hydroxylation is 1. The first-order chi connectivity index (χ1) is 14.7. The molecule has 0 heterocycles. The Morgan fingerprint density at radius 3 is 2.39 bits per heavy atom. The highest BCUT2D eigenvalue weighted by atomic mass is 32.2. The smallest absolute Gasteiger partial charge is 0.270 e. The molecule has 2 aromatic carbocycles. The maximum absolute atomic E-state index is 12.4. The van der Waals surface area contributed by atoms with E-state index >= 15 is 0 Å². The number of nitrogens with one attached hydrogen (secondary N) is 3. The van der Waals surface area contributed by atoms with Crippen molar-refractivity contribution in [1.82, 2.24) is 10.0 Å². The molecule has 10 nitrogen and oxygen atoms in total. The second-order valence-electron chi connectivity index (χ2n) is 7.20. The average Bonchev–Trinajstić information content (AvgIpc) is 3.57. The van der Waals surface area contributed by atoms with E-state index in [0.29, 0.717) is 16.8 Å². The Labute approximate surface area is 179 Å². The highest BCUT2D eigenvalue weighted by Crippen LogP contribution is 2.30. The van der Waals surface area contributed by atoms with E-state index in [0.717, 1.165) is 18.9 Å². The predicted molar refractivity (Wildman–Crippen MR) is 113 cm³/mol. The normalized spacial score (nSPS) is 13.5. The molecule has 11 heteroatoms. The van der Waals surface area contributed by atoms with Crippen LogP contribution in [0.5, 0.6) is 0 Å². The van der Waals surface area contributed by atoms with Crippen LogP contribution in [0, 0.1) is 23.0 Å². The summed E-state index contributed by atoms with van der Waals surface area (Å²) in [7, 11) is -3.97. The van der Waals surface area contributed by atoms with Crippen LogP contribution in [0.4, 0.5) is 11.4 Å². The number of nitro benzene ring substituents is 1. The van der Waals surface area contributed by atoms with Crippen LogP contribution < -0.4 is 15.4 Å². The molecule has 2 amide bonds. The molecule has 0 atom stereocenters. The van der Waals surface area contributed by atoms with E-state index < -0.39 is 20.9 Å². The van der Waals surface area contributed by atoms with Gasteiger partial charge in [-0.2, -0.15) is 0 Å². The molecule has 0 aliphatic heterocycles. The van der Waals surface area contributed by atoms with Crippen LogP contribution >= 0.6 is 0 Å². The molecule has 1 aliphatic rings.